The maximum absolute atomic E-state index is 13.4. The third-order valence-corrected chi connectivity index (χ3v) is 4.85. The molecule has 31 heavy (non-hydrogen) atoms. The van der Waals surface area contributed by atoms with Gasteiger partial charge in [0.2, 0.25) is 0 Å². The molecule has 0 bridgehead atoms. The zero-order valence-electron chi connectivity index (χ0n) is 16.6. The molecule has 0 saturated heterocycles. The summed E-state index contributed by atoms with van der Waals surface area (Å²) < 4.78 is 15.2. The van der Waals surface area contributed by atoms with Crippen LogP contribution in [0.4, 0.5) is 10.2 Å². The Balaban J connectivity index is 1.79. The molecule has 0 aliphatic heterocycles. The van der Waals surface area contributed by atoms with Gasteiger partial charge in [0, 0.05) is 12.7 Å². The smallest absolute Gasteiger partial charge is 0.422 e. The second-order valence-electron chi connectivity index (χ2n) is 7.08. The van der Waals surface area contributed by atoms with Crippen molar-refractivity contribution in [2.24, 2.45) is 5.73 Å². The van der Waals surface area contributed by atoms with Crippen molar-refractivity contribution in [2.75, 3.05) is 5.32 Å². The highest BCUT2D eigenvalue weighted by Gasteiger charge is 2.21. The van der Waals surface area contributed by atoms with Crippen LogP contribution in [-0.2, 0) is 6.54 Å². The molecule has 1 amide bonds. The van der Waals surface area contributed by atoms with Gasteiger partial charge in [-0.1, -0.05) is 12.1 Å². The number of nitrogens with one attached hydrogen (secondary N) is 1. The van der Waals surface area contributed by atoms with E-state index in [4.69, 9.17) is 5.73 Å². The lowest BCUT2D eigenvalue weighted by Gasteiger charge is -2.11. The number of benzene rings is 1. The Morgan fingerprint density at radius 1 is 1.19 bits per heavy atom. The molecule has 4 rings (SSSR count). The number of nitrogens with two attached hydrogens (primary N) is 1. The van der Waals surface area contributed by atoms with Gasteiger partial charge >= 0.3 is 7.12 Å². The van der Waals surface area contributed by atoms with E-state index in [0.29, 0.717) is 28.2 Å². The SMILES string of the molecule is Cc1cc2c(C(N)=O)cccn2c1-c1nc(NCc2cccc(F)c2)cc(B(O)O)n1. The molecule has 0 fully saturated rings. The van der Waals surface area contributed by atoms with Crippen LogP contribution in [0.1, 0.15) is 21.5 Å². The molecule has 5 N–H and O–H groups in total. The van der Waals surface area contributed by atoms with E-state index >= 15 is 0 Å². The van der Waals surface area contributed by atoms with E-state index in [1.54, 1.807) is 40.9 Å². The van der Waals surface area contributed by atoms with Gasteiger partial charge in [-0.25, -0.2) is 14.4 Å². The van der Waals surface area contributed by atoms with Crippen molar-refractivity contribution in [3.63, 3.8) is 0 Å². The van der Waals surface area contributed by atoms with E-state index in [0.717, 1.165) is 5.56 Å². The zero-order valence-corrected chi connectivity index (χ0v) is 16.6. The number of carbonyl (C=O) groups is 1. The highest BCUT2D eigenvalue weighted by atomic mass is 19.1. The van der Waals surface area contributed by atoms with E-state index in [2.05, 4.69) is 15.3 Å². The summed E-state index contributed by atoms with van der Waals surface area (Å²) in [6.45, 7) is 2.10. The lowest BCUT2D eigenvalue weighted by Crippen LogP contribution is -2.33. The van der Waals surface area contributed by atoms with Crippen LogP contribution in [0.15, 0.2) is 54.7 Å². The number of fused-ring (bicyclic) bond motifs is 1. The Hall–Kier alpha value is -3.76. The number of rotatable bonds is 6. The second-order valence-corrected chi connectivity index (χ2v) is 7.08. The van der Waals surface area contributed by atoms with Crippen LogP contribution in [0, 0.1) is 12.7 Å². The minimum atomic E-state index is -1.82. The molecule has 8 nitrogen and oxygen atoms in total. The first-order chi connectivity index (χ1) is 14.8. The number of aryl methyl sites for hydroxylation is 1. The number of pyridine rings is 1. The molecule has 156 valence electrons. The van der Waals surface area contributed by atoms with E-state index in [1.807, 2.05) is 6.92 Å². The maximum atomic E-state index is 13.4. The fourth-order valence-electron chi connectivity index (χ4n) is 3.45. The summed E-state index contributed by atoms with van der Waals surface area (Å²) in [6.07, 6.45) is 1.75. The van der Waals surface area contributed by atoms with Gasteiger partial charge in [-0.15, -0.1) is 0 Å². The van der Waals surface area contributed by atoms with E-state index in [9.17, 15) is 19.2 Å². The van der Waals surface area contributed by atoms with Gasteiger partial charge < -0.3 is 25.5 Å². The molecular weight excluding hydrogens is 400 g/mol. The molecule has 10 heteroatoms. The minimum Gasteiger partial charge on any atom is -0.422 e. The molecule has 0 saturated carbocycles. The van der Waals surface area contributed by atoms with Gasteiger partial charge in [-0.05, 0) is 54.4 Å². The predicted octanol–water partition coefficient (Wildman–Crippen LogP) is 1.23. The van der Waals surface area contributed by atoms with Crippen LogP contribution in [0.5, 0.6) is 0 Å². The fourth-order valence-corrected chi connectivity index (χ4v) is 3.45. The van der Waals surface area contributed by atoms with E-state index < -0.39 is 13.0 Å². The molecule has 0 aliphatic rings. The third-order valence-electron chi connectivity index (χ3n) is 4.85. The number of halogens is 1. The Morgan fingerprint density at radius 2 is 2.00 bits per heavy atom. The van der Waals surface area contributed by atoms with Gasteiger partial charge in [0.1, 0.15) is 11.6 Å². The molecule has 3 aromatic heterocycles. The summed E-state index contributed by atoms with van der Waals surface area (Å²) >= 11 is 0. The van der Waals surface area contributed by atoms with Crippen LogP contribution in [-0.4, -0.2) is 37.4 Å². The topological polar surface area (TPSA) is 126 Å². The zero-order chi connectivity index (χ0) is 22.1. The van der Waals surface area contributed by atoms with Crippen LogP contribution in [0.2, 0.25) is 0 Å². The van der Waals surface area contributed by atoms with Crippen LogP contribution < -0.4 is 16.6 Å². The standard InChI is InChI=1S/C21H19BFN5O3/c1-12-8-16-15(20(24)29)6-3-7-28(16)19(12)21-26-17(22(30)31)10-18(27-21)25-11-13-4-2-5-14(23)9-13/h2-10,30-31H,11H2,1H3,(H2,24,29)(H,25,26,27). The third kappa shape index (κ3) is 4.11. The van der Waals surface area contributed by atoms with Gasteiger partial charge in [-0.3, -0.25) is 4.79 Å². The van der Waals surface area contributed by atoms with E-state index in [1.165, 1.54) is 18.2 Å². The number of carbonyl (C=O) groups excluding carboxylic acids is 1. The normalized spacial score (nSPS) is 11.0. The Kier molecular flexibility index (Phi) is 5.41. The average molecular weight is 419 g/mol. The monoisotopic (exact) mass is 419 g/mol. The number of amides is 1. The molecule has 3 heterocycles. The number of nitrogens with zero attached hydrogens (tertiary/aromatic N) is 3. The summed E-state index contributed by atoms with van der Waals surface area (Å²) in [4.78, 5) is 20.6. The van der Waals surface area contributed by atoms with E-state index in [-0.39, 0.29) is 23.8 Å². The molecule has 0 radical (unpaired) electrons. The lowest BCUT2D eigenvalue weighted by atomic mass is 9.86. The van der Waals surface area contributed by atoms with Crippen LogP contribution in [0.3, 0.4) is 0 Å². The van der Waals surface area contributed by atoms with Crippen molar-refractivity contribution in [3.05, 3.63) is 77.2 Å². The highest BCUT2D eigenvalue weighted by Crippen LogP contribution is 2.27. The molecule has 0 unspecified atom stereocenters. The predicted molar refractivity (Wildman–Crippen MR) is 115 cm³/mol. The Morgan fingerprint density at radius 3 is 2.71 bits per heavy atom. The van der Waals surface area contributed by atoms with Crippen LogP contribution >= 0.6 is 0 Å². The van der Waals surface area contributed by atoms with Crippen molar-refractivity contribution in [3.8, 4) is 11.5 Å². The van der Waals surface area contributed by atoms with Gasteiger partial charge in [0.25, 0.3) is 5.91 Å². The van der Waals surface area contributed by atoms with Gasteiger partial charge in [0.05, 0.1) is 22.4 Å². The van der Waals surface area contributed by atoms with Gasteiger partial charge in [0.15, 0.2) is 5.82 Å². The van der Waals surface area contributed by atoms with Crippen molar-refractivity contribution in [1.82, 2.24) is 14.4 Å². The first-order valence-electron chi connectivity index (χ1n) is 9.48. The number of anilines is 1. The number of hydrogen-bond acceptors (Lipinski definition) is 6. The number of hydrogen-bond donors (Lipinski definition) is 4. The largest absolute Gasteiger partial charge is 0.508 e. The average Bonchev–Trinajstić information content (AvgIpc) is 3.07. The molecule has 1 aromatic carbocycles. The summed E-state index contributed by atoms with van der Waals surface area (Å²) in [7, 11) is -1.82. The van der Waals surface area contributed by atoms with Crippen molar-refractivity contribution < 1.29 is 19.2 Å². The second kappa shape index (κ2) is 8.17. The quantitative estimate of drug-likeness (QED) is 0.349. The van der Waals surface area contributed by atoms with Gasteiger partial charge in [-0.2, -0.15) is 0 Å². The Bertz CT molecular complexity index is 1290. The fraction of sp³-hybridized carbons (Fsp3) is 0.0952. The number of aromatic nitrogens is 3. The van der Waals surface area contributed by atoms with Crippen molar-refractivity contribution in [1.29, 1.82) is 0 Å². The lowest BCUT2D eigenvalue weighted by molar-refractivity contribution is 0.100. The first-order valence-corrected chi connectivity index (χ1v) is 9.48. The summed E-state index contributed by atoms with van der Waals surface area (Å²) in [5.41, 5.74) is 8.46. The van der Waals surface area contributed by atoms with Crippen molar-refractivity contribution >= 4 is 30.0 Å². The van der Waals surface area contributed by atoms with Crippen LogP contribution in [0.25, 0.3) is 17.0 Å². The maximum Gasteiger partial charge on any atom is 0.508 e. The summed E-state index contributed by atoms with van der Waals surface area (Å²) in [5, 5.41) is 22.5. The van der Waals surface area contributed by atoms with Crippen molar-refractivity contribution in [2.45, 2.75) is 13.5 Å². The summed E-state index contributed by atoms with van der Waals surface area (Å²) in [5.74, 6) is -0.355. The Labute approximate surface area is 177 Å². The number of primary amides is 1. The molecular formula is C21H19BFN5O3. The summed E-state index contributed by atoms with van der Waals surface area (Å²) in [6, 6.07) is 12.6. The molecule has 4 aromatic rings. The first kappa shape index (κ1) is 20.5. The molecule has 0 aliphatic carbocycles. The molecule has 0 atom stereocenters. The minimum absolute atomic E-state index is 0.00727. The molecule has 0 spiro atoms. The highest BCUT2D eigenvalue weighted by molar-refractivity contribution is 6.57.